The molecule has 0 spiro atoms. The standard InChI is InChI=1S/C13H10Br3NO2S/c1-8-2-3-10(15)7-12(8)17-20(18,19)13-5-4-9(14)6-11(13)16/h2-7,17H,1H3. The van der Waals surface area contributed by atoms with Gasteiger partial charge in [-0.1, -0.05) is 37.9 Å². The van der Waals surface area contributed by atoms with Crippen LogP contribution < -0.4 is 4.72 Å². The number of hydrogen-bond donors (Lipinski definition) is 1. The molecule has 0 amide bonds. The third-order valence-corrected chi connectivity index (χ3v) is 5.96. The van der Waals surface area contributed by atoms with Gasteiger partial charge in [-0.05, 0) is 58.7 Å². The van der Waals surface area contributed by atoms with Crippen LogP contribution in [-0.2, 0) is 10.0 Å². The predicted molar refractivity (Wildman–Crippen MR) is 91.5 cm³/mol. The summed E-state index contributed by atoms with van der Waals surface area (Å²) in [6.07, 6.45) is 0. The monoisotopic (exact) mass is 481 g/mol. The second kappa shape index (κ2) is 6.17. The molecule has 0 aliphatic carbocycles. The highest BCUT2D eigenvalue weighted by molar-refractivity contribution is 9.11. The van der Waals surface area contributed by atoms with Gasteiger partial charge < -0.3 is 0 Å². The third kappa shape index (κ3) is 3.63. The van der Waals surface area contributed by atoms with E-state index in [-0.39, 0.29) is 4.90 Å². The van der Waals surface area contributed by atoms with Gasteiger partial charge in [-0.25, -0.2) is 8.42 Å². The second-order valence-corrected chi connectivity index (χ2v) is 8.48. The van der Waals surface area contributed by atoms with E-state index in [9.17, 15) is 8.42 Å². The first-order valence-electron chi connectivity index (χ1n) is 5.53. The fourth-order valence-electron chi connectivity index (χ4n) is 1.60. The van der Waals surface area contributed by atoms with Crippen molar-refractivity contribution in [2.75, 3.05) is 4.72 Å². The smallest absolute Gasteiger partial charge is 0.263 e. The molecule has 2 aromatic carbocycles. The SMILES string of the molecule is Cc1ccc(Br)cc1NS(=O)(=O)c1ccc(Br)cc1Br. The Morgan fingerprint density at radius 3 is 2.20 bits per heavy atom. The Morgan fingerprint density at radius 1 is 0.950 bits per heavy atom. The Hall–Kier alpha value is -0.370. The molecule has 0 saturated heterocycles. The van der Waals surface area contributed by atoms with Crippen LogP contribution >= 0.6 is 47.8 Å². The van der Waals surface area contributed by atoms with Crippen LogP contribution in [0.1, 0.15) is 5.56 Å². The fraction of sp³-hybridized carbons (Fsp3) is 0.0769. The van der Waals surface area contributed by atoms with Crippen molar-refractivity contribution >= 4 is 63.5 Å². The molecule has 20 heavy (non-hydrogen) atoms. The van der Waals surface area contributed by atoms with Crippen molar-refractivity contribution in [1.82, 2.24) is 0 Å². The summed E-state index contributed by atoms with van der Waals surface area (Å²) in [5, 5.41) is 0. The van der Waals surface area contributed by atoms with E-state index in [0.717, 1.165) is 14.5 Å². The van der Waals surface area contributed by atoms with E-state index in [4.69, 9.17) is 0 Å². The first kappa shape index (κ1) is 16.0. The van der Waals surface area contributed by atoms with Crippen molar-refractivity contribution in [2.45, 2.75) is 11.8 Å². The number of nitrogens with one attached hydrogen (secondary N) is 1. The van der Waals surface area contributed by atoms with Crippen LogP contribution in [0, 0.1) is 6.92 Å². The van der Waals surface area contributed by atoms with Crippen molar-refractivity contribution in [3.05, 3.63) is 55.4 Å². The minimum atomic E-state index is -3.64. The zero-order valence-corrected chi connectivity index (χ0v) is 15.9. The Bertz CT molecular complexity index is 760. The quantitative estimate of drug-likeness (QED) is 0.661. The summed E-state index contributed by atoms with van der Waals surface area (Å²) >= 11 is 9.90. The number of anilines is 1. The Labute approximate surface area is 143 Å². The van der Waals surface area contributed by atoms with Gasteiger partial charge in [0.25, 0.3) is 10.0 Å². The third-order valence-electron chi connectivity index (χ3n) is 2.63. The van der Waals surface area contributed by atoms with E-state index in [1.165, 1.54) is 0 Å². The lowest BCUT2D eigenvalue weighted by Gasteiger charge is -2.12. The fourth-order valence-corrected chi connectivity index (χ4v) is 4.83. The summed E-state index contributed by atoms with van der Waals surface area (Å²) in [4.78, 5) is 0.195. The minimum absolute atomic E-state index is 0.195. The zero-order valence-electron chi connectivity index (χ0n) is 10.3. The van der Waals surface area contributed by atoms with E-state index in [1.807, 2.05) is 19.1 Å². The van der Waals surface area contributed by atoms with Gasteiger partial charge in [-0.15, -0.1) is 0 Å². The van der Waals surface area contributed by atoms with E-state index >= 15 is 0 Å². The van der Waals surface area contributed by atoms with Crippen LogP contribution in [0.4, 0.5) is 5.69 Å². The summed E-state index contributed by atoms with van der Waals surface area (Å²) in [7, 11) is -3.64. The lowest BCUT2D eigenvalue weighted by molar-refractivity contribution is 0.600. The van der Waals surface area contributed by atoms with Gasteiger partial charge in [-0.3, -0.25) is 4.72 Å². The predicted octanol–water partition coefficient (Wildman–Crippen LogP) is 5.08. The molecule has 0 radical (unpaired) electrons. The number of halogens is 3. The first-order valence-corrected chi connectivity index (χ1v) is 9.40. The van der Waals surface area contributed by atoms with Crippen molar-refractivity contribution in [3.63, 3.8) is 0 Å². The van der Waals surface area contributed by atoms with Crippen molar-refractivity contribution < 1.29 is 8.42 Å². The van der Waals surface area contributed by atoms with Gasteiger partial charge in [0.2, 0.25) is 0 Å². The molecule has 0 fully saturated rings. The zero-order chi connectivity index (χ0) is 14.9. The molecule has 0 unspecified atom stereocenters. The first-order chi connectivity index (χ1) is 9.29. The maximum atomic E-state index is 12.4. The highest BCUT2D eigenvalue weighted by Gasteiger charge is 2.18. The van der Waals surface area contributed by atoms with Crippen LogP contribution in [0.3, 0.4) is 0 Å². The second-order valence-electron chi connectivity index (χ2n) is 4.14. The molecule has 3 nitrogen and oxygen atoms in total. The summed E-state index contributed by atoms with van der Waals surface area (Å²) in [6.45, 7) is 1.85. The van der Waals surface area contributed by atoms with Crippen LogP contribution in [0.5, 0.6) is 0 Å². The molecule has 0 atom stereocenters. The van der Waals surface area contributed by atoms with Crippen LogP contribution in [0.25, 0.3) is 0 Å². The Balaban J connectivity index is 2.43. The van der Waals surface area contributed by atoms with Gasteiger partial charge >= 0.3 is 0 Å². The van der Waals surface area contributed by atoms with Crippen molar-refractivity contribution in [2.24, 2.45) is 0 Å². The maximum Gasteiger partial charge on any atom is 0.263 e. The van der Waals surface area contributed by atoms with Crippen LogP contribution in [0.2, 0.25) is 0 Å². The van der Waals surface area contributed by atoms with Gasteiger partial charge in [0.15, 0.2) is 0 Å². The molecule has 7 heteroatoms. The molecule has 0 saturated carbocycles. The summed E-state index contributed by atoms with van der Waals surface area (Å²) in [5.74, 6) is 0. The Kier molecular flexibility index (Phi) is 4.94. The molecule has 2 aromatic rings. The lowest BCUT2D eigenvalue weighted by Crippen LogP contribution is -2.14. The molecule has 1 N–H and O–H groups in total. The van der Waals surface area contributed by atoms with Crippen molar-refractivity contribution in [1.29, 1.82) is 0 Å². The average molecular weight is 484 g/mol. The minimum Gasteiger partial charge on any atom is -0.279 e. The Morgan fingerprint density at radius 2 is 1.55 bits per heavy atom. The lowest BCUT2D eigenvalue weighted by atomic mass is 10.2. The number of hydrogen-bond acceptors (Lipinski definition) is 2. The van der Waals surface area contributed by atoms with Gasteiger partial charge in [0, 0.05) is 13.4 Å². The van der Waals surface area contributed by atoms with Gasteiger partial charge in [0.05, 0.1) is 5.69 Å². The van der Waals surface area contributed by atoms with E-state index in [0.29, 0.717) is 10.2 Å². The molecular weight excluding hydrogens is 474 g/mol. The number of rotatable bonds is 3. The largest absolute Gasteiger partial charge is 0.279 e. The normalized spacial score (nSPS) is 11.4. The maximum absolute atomic E-state index is 12.4. The molecule has 0 heterocycles. The van der Waals surface area contributed by atoms with Gasteiger partial charge in [0.1, 0.15) is 4.90 Å². The highest BCUT2D eigenvalue weighted by Crippen LogP contribution is 2.29. The molecule has 0 aliphatic heterocycles. The summed E-state index contributed by atoms with van der Waals surface area (Å²) < 4.78 is 29.6. The number of aryl methyl sites for hydroxylation is 1. The summed E-state index contributed by atoms with van der Waals surface area (Å²) in [6, 6.07) is 10.4. The number of benzene rings is 2. The molecular formula is C13H10Br3NO2S. The van der Waals surface area contributed by atoms with Crippen LogP contribution in [-0.4, -0.2) is 8.42 Å². The molecule has 106 valence electrons. The van der Waals surface area contributed by atoms with Gasteiger partial charge in [-0.2, -0.15) is 0 Å². The highest BCUT2D eigenvalue weighted by atomic mass is 79.9. The van der Waals surface area contributed by atoms with E-state index in [1.54, 1.807) is 24.3 Å². The average Bonchev–Trinajstić information content (AvgIpc) is 2.33. The van der Waals surface area contributed by atoms with Crippen molar-refractivity contribution in [3.8, 4) is 0 Å². The number of sulfonamides is 1. The van der Waals surface area contributed by atoms with E-state index in [2.05, 4.69) is 52.5 Å². The molecule has 2 rings (SSSR count). The molecule has 0 aliphatic rings. The molecule has 0 aromatic heterocycles. The summed E-state index contributed by atoms with van der Waals surface area (Å²) in [5.41, 5.74) is 1.40. The van der Waals surface area contributed by atoms with E-state index < -0.39 is 10.0 Å². The van der Waals surface area contributed by atoms with Crippen LogP contribution in [0.15, 0.2) is 54.7 Å². The molecule has 0 bridgehead atoms. The topological polar surface area (TPSA) is 46.2 Å².